The predicted octanol–water partition coefficient (Wildman–Crippen LogP) is 2.57. The third-order valence-corrected chi connectivity index (χ3v) is 4.17. The van der Waals surface area contributed by atoms with Crippen LogP contribution in [0.2, 0.25) is 0 Å². The van der Waals surface area contributed by atoms with Gasteiger partial charge >= 0.3 is 5.63 Å². The zero-order valence-corrected chi connectivity index (χ0v) is 14.8. The van der Waals surface area contributed by atoms with Gasteiger partial charge in [-0.2, -0.15) is 0 Å². The van der Waals surface area contributed by atoms with E-state index < -0.39 is 5.63 Å². The van der Waals surface area contributed by atoms with Gasteiger partial charge in [0, 0.05) is 11.5 Å². The van der Waals surface area contributed by atoms with Crippen LogP contribution < -0.4 is 20.4 Å². The molecule has 0 fully saturated rings. The summed E-state index contributed by atoms with van der Waals surface area (Å²) in [4.78, 5) is 24.5. The molecule has 2 heterocycles. The van der Waals surface area contributed by atoms with Crippen molar-refractivity contribution in [2.45, 2.75) is 19.9 Å². The molecule has 3 rings (SSSR count). The van der Waals surface area contributed by atoms with Gasteiger partial charge in [-0.25, -0.2) is 4.79 Å². The molecule has 0 aliphatic carbocycles. The Kier molecular flexibility index (Phi) is 4.97. The van der Waals surface area contributed by atoms with E-state index >= 15 is 0 Å². The Labute approximate surface area is 149 Å². The number of methoxy groups -OCH3 is 2. The smallest absolute Gasteiger partial charge is 0.340 e. The zero-order chi connectivity index (χ0) is 18.7. The summed E-state index contributed by atoms with van der Waals surface area (Å²) in [5, 5.41) is 3.41. The molecule has 136 valence electrons. The van der Waals surface area contributed by atoms with Crippen LogP contribution in [0.1, 0.15) is 16.9 Å². The van der Waals surface area contributed by atoms with Crippen molar-refractivity contribution in [1.29, 1.82) is 0 Å². The standard InChI is InChI=1S/C19H19NO6/c1-11-13-7-16(23-2)17(24-3)9-15(13)26-19(22)14(11)8-18(21)20-10-12-5-4-6-25-12/h4-7,9H,8,10H2,1-3H3,(H,20,21). The largest absolute Gasteiger partial charge is 0.493 e. The lowest BCUT2D eigenvalue weighted by Gasteiger charge is -2.12. The van der Waals surface area contributed by atoms with Crippen LogP contribution in [-0.4, -0.2) is 20.1 Å². The molecule has 0 bridgehead atoms. The number of ether oxygens (including phenoxy) is 2. The number of nitrogens with one attached hydrogen (secondary N) is 1. The molecule has 3 aromatic rings. The summed E-state index contributed by atoms with van der Waals surface area (Å²) in [6.07, 6.45) is 1.45. The van der Waals surface area contributed by atoms with Crippen LogP contribution in [-0.2, 0) is 17.8 Å². The van der Waals surface area contributed by atoms with Gasteiger partial charge in [-0.15, -0.1) is 0 Å². The van der Waals surface area contributed by atoms with E-state index in [1.54, 1.807) is 31.2 Å². The molecule has 0 spiro atoms. The van der Waals surface area contributed by atoms with Crippen molar-refractivity contribution < 1.29 is 23.1 Å². The van der Waals surface area contributed by atoms with Crippen molar-refractivity contribution >= 4 is 16.9 Å². The quantitative estimate of drug-likeness (QED) is 0.682. The summed E-state index contributed by atoms with van der Waals surface area (Å²) in [5.74, 6) is 1.32. The minimum atomic E-state index is -0.546. The fourth-order valence-corrected chi connectivity index (χ4v) is 2.74. The van der Waals surface area contributed by atoms with E-state index in [9.17, 15) is 9.59 Å². The van der Waals surface area contributed by atoms with Crippen LogP contribution in [0.4, 0.5) is 0 Å². The molecular formula is C19H19NO6. The lowest BCUT2D eigenvalue weighted by atomic mass is 10.0. The first-order chi connectivity index (χ1) is 12.5. The van der Waals surface area contributed by atoms with E-state index in [2.05, 4.69) is 5.32 Å². The van der Waals surface area contributed by atoms with E-state index in [0.29, 0.717) is 39.4 Å². The number of aryl methyl sites for hydroxylation is 1. The molecule has 0 radical (unpaired) electrons. The average molecular weight is 357 g/mol. The highest BCUT2D eigenvalue weighted by Gasteiger charge is 2.17. The Morgan fingerprint density at radius 1 is 1.19 bits per heavy atom. The topological polar surface area (TPSA) is 90.9 Å². The lowest BCUT2D eigenvalue weighted by molar-refractivity contribution is -0.120. The molecule has 0 atom stereocenters. The number of fused-ring (bicyclic) bond motifs is 1. The highest BCUT2D eigenvalue weighted by Crippen LogP contribution is 2.33. The van der Waals surface area contributed by atoms with Crippen molar-refractivity contribution in [3.63, 3.8) is 0 Å². The molecule has 1 N–H and O–H groups in total. The van der Waals surface area contributed by atoms with Crippen LogP contribution in [0.25, 0.3) is 11.0 Å². The van der Waals surface area contributed by atoms with Gasteiger partial charge in [-0.05, 0) is 30.7 Å². The number of carbonyl (C=O) groups excluding carboxylic acids is 1. The van der Waals surface area contributed by atoms with Crippen molar-refractivity contribution in [3.05, 3.63) is 57.8 Å². The van der Waals surface area contributed by atoms with Crippen molar-refractivity contribution in [2.24, 2.45) is 0 Å². The molecule has 1 aromatic carbocycles. The third kappa shape index (κ3) is 3.42. The number of benzene rings is 1. The number of carbonyl (C=O) groups is 1. The molecule has 1 amide bonds. The Morgan fingerprint density at radius 3 is 2.58 bits per heavy atom. The molecule has 0 aliphatic rings. The second kappa shape index (κ2) is 7.35. The summed E-state index contributed by atoms with van der Waals surface area (Å²) in [5.41, 5.74) is 0.812. The van der Waals surface area contributed by atoms with Crippen LogP contribution in [0, 0.1) is 6.92 Å². The van der Waals surface area contributed by atoms with Gasteiger partial charge in [0.05, 0.1) is 39.0 Å². The van der Waals surface area contributed by atoms with Crippen molar-refractivity contribution in [1.82, 2.24) is 5.32 Å². The maximum absolute atomic E-state index is 12.3. The Morgan fingerprint density at radius 2 is 1.92 bits per heavy atom. The van der Waals surface area contributed by atoms with E-state index in [1.807, 2.05) is 0 Å². The minimum Gasteiger partial charge on any atom is -0.493 e. The Bertz CT molecular complexity index is 987. The predicted molar refractivity (Wildman–Crippen MR) is 94.6 cm³/mol. The second-order valence-electron chi connectivity index (χ2n) is 5.73. The maximum atomic E-state index is 12.3. The van der Waals surface area contributed by atoms with Crippen LogP contribution in [0.5, 0.6) is 11.5 Å². The number of rotatable bonds is 6. The highest BCUT2D eigenvalue weighted by atomic mass is 16.5. The van der Waals surface area contributed by atoms with Gasteiger partial charge in [0.25, 0.3) is 0 Å². The molecule has 0 saturated carbocycles. The van der Waals surface area contributed by atoms with Gasteiger partial charge in [0.2, 0.25) is 5.91 Å². The highest BCUT2D eigenvalue weighted by molar-refractivity contribution is 5.86. The van der Waals surface area contributed by atoms with E-state index in [-0.39, 0.29) is 18.9 Å². The Hall–Kier alpha value is -3.22. The first-order valence-electron chi connectivity index (χ1n) is 8.01. The number of amides is 1. The first-order valence-corrected chi connectivity index (χ1v) is 8.01. The van der Waals surface area contributed by atoms with Gasteiger partial charge in [-0.3, -0.25) is 4.79 Å². The first kappa shape index (κ1) is 17.6. The number of hydrogen-bond acceptors (Lipinski definition) is 6. The summed E-state index contributed by atoms with van der Waals surface area (Å²) in [7, 11) is 3.04. The monoisotopic (exact) mass is 357 g/mol. The SMILES string of the molecule is COc1cc2oc(=O)c(CC(=O)NCc3ccco3)c(C)c2cc1OC. The number of hydrogen-bond donors (Lipinski definition) is 1. The summed E-state index contributed by atoms with van der Waals surface area (Å²) >= 11 is 0. The van der Waals surface area contributed by atoms with Crippen molar-refractivity contribution in [3.8, 4) is 11.5 Å². The van der Waals surface area contributed by atoms with E-state index in [1.165, 1.54) is 20.5 Å². The van der Waals surface area contributed by atoms with Gasteiger partial charge < -0.3 is 23.6 Å². The second-order valence-corrected chi connectivity index (χ2v) is 5.73. The maximum Gasteiger partial charge on any atom is 0.340 e. The minimum absolute atomic E-state index is 0.0842. The third-order valence-electron chi connectivity index (χ3n) is 4.17. The summed E-state index contributed by atoms with van der Waals surface area (Å²) < 4.78 is 21.1. The summed E-state index contributed by atoms with van der Waals surface area (Å²) in [6.45, 7) is 2.04. The van der Waals surface area contributed by atoms with Gasteiger partial charge in [0.15, 0.2) is 11.5 Å². The van der Waals surface area contributed by atoms with E-state index in [4.69, 9.17) is 18.3 Å². The molecule has 0 saturated heterocycles. The molecular weight excluding hydrogens is 338 g/mol. The average Bonchev–Trinajstić information content (AvgIpc) is 3.16. The molecule has 7 nitrogen and oxygen atoms in total. The molecule has 0 aliphatic heterocycles. The van der Waals surface area contributed by atoms with Crippen molar-refractivity contribution in [2.75, 3.05) is 14.2 Å². The van der Waals surface area contributed by atoms with Crippen LogP contribution in [0.15, 0.2) is 44.2 Å². The zero-order valence-electron chi connectivity index (χ0n) is 14.8. The molecule has 0 unspecified atom stereocenters. The molecule has 7 heteroatoms. The Balaban J connectivity index is 1.90. The fraction of sp³-hybridized carbons (Fsp3) is 0.263. The van der Waals surface area contributed by atoms with Crippen LogP contribution >= 0.6 is 0 Å². The lowest BCUT2D eigenvalue weighted by Crippen LogP contribution is -2.27. The number of furan rings is 1. The molecule has 26 heavy (non-hydrogen) atoms. The van der Waals surface area contributed by atoms with Gasteiger partial charge in [-0.1, -0.05) is 0 Å². The van der Waals surface area contributed by atoms with E-state index in [0.717, 1.165) is 0 Å². The van der Waals surface area contributed by atoms with Crippen LogP contribution in [0.3, 0.4) is 0 Å². The molecule has 2 aromatic heterocycles. The van der Waals surface area contributed by atoms with Gasteiger partial charge in [0.1, 0.15) is 11.3 Å². The fourth-order valence-electron chi connectivity index (χ4n) is 2.74. The normalized spacial score (nSPS) is 10.7. The summed E-state index contributed by atoms with van der Waals surface area (Å²) in [6, 6.07) is 6.83.